The zero-order chi connectivity index (χ0) is 9.80. The third-order valence-electron chi connectivity index (χ3n) is 2.53. The summed E-state index contributed by atoms with van der Waals surface area (Å²) in [6.45, 7) is 0.967. The van der Waals surface area contributed by atoms with Gasteiger partial charge in [-0.05, 0) is 24.3 Å². The molecule has 1 aromatic rings. The highest BCUT2D eigenvalue weighted by Gasteiger charge is 2.16. The summed E-state index contributed by atoms with van der Waals surface area (Å²) >= 11 is 1.79. The topological polar surface area (TPSA) is 29.1 Å². The quantitative estimate of drug-likeness (QED) is 0.855. The van der Waals surface area contributed by atoms with Gasteiger partial charge in [-0.25, -0.2) is 0 Å². The minimum atomic E-state index is -0.539. The zero-order valence-corrected chi connectivity index (χ0v) is 9.70. The fourth-order valence-corrected chi connectivity index (χ4v) is 3.61. The van der Waals surface area contributed by atoms with Gasteiger partial charge in [0.2, 0.25) is 0 Å². The van der Waals surface area contributed by atoms with E-state index in [1.54, 1.807) is 11.3 Å². The van der Waals surface area contributed by atoms with Crippen LogP contribution in [0.3, 0.4) is 0 Å². The first-order chi connectivity index (χ1) is 6.84. The van der Waals surface area contributed by atoms with Crippen molar-refractivity contribution in [1.29, 1.82) is 0 Å². The summed E-state index contributed by atoms with van der Waals surface area (Å²) in [5, 5.41) is 5.62. The molecule has 2 heterocycles. The normalized spacial score (nSPS) is 27.7. The molecule has 0 saturated carbocycles. The highest BCUT2D eigenvalue weighted by molar-refractivity contribution is 7.85. The number of hydrogen-bond acceptors (Lipinski definition) is 3. The molecule has 0 bridgehead atoms. The van der Waals surface area contributed by atoms with Crippen LogP contribution in [0, 0.1) is 0 Å². The molecule has 0 amide bonds. The van der Waals surface area contributed by atoms with Gasteiger partial charge in [0.05, 0.1) is 0 Å². The Labute approximate surface area is 91.2 Å². The SMILES string of the molecule is O=S1CCC(NCc2cccs2)CC1. The van der Waals surface area contributed by atoms with Crippen LogP contribution in [0.5, 0.6) is 0 Å². The number of rotatable bonds is 3. The van der Waals surface area contributed by atoms with Crippen molar-refractivity contribution in [2.75, 3.05) is 11.5 Å². The summed E-state index contributed by atoms with van der Waals surface area (Å²) in [6.07, 6.45) is 2.13. The third kappa shape index (κ3) is 2.90. The molecule has 1 aromatic heterocycles. The molecule has 0 atom stereocenters. The van der Waals surface area contributed by atoms with E-state index in [1.165, 1.54) is 4.88 Å². The molecule has 0 aromatic carbocycles. The fourth-order valence-electron chi connectivity index (χ4n) is 1.66. The zero-order valence-electron chi connectivity index (χ0n) is 8.07. The second kappa shape index (κ2) is 5.05. The molecule has 1 fully saturated rings. The van der Waals surface area contributed by atoms with Crippen molar-refractivity contribution in [2.45, 2.75) is 25.4 Å². The van der Waals surface area contributed by atoms with Crippen molar-refractivity contribution >= 4 is 22.1 Å². The van der Waals surface area contributed by atoms with E-state index in [0.717, 1.165) is 30.9 Å². The van der Waals surface area contributed by atoms with Crippen LogP contribution in [0.4, 0.5) is 0 Å². The molecule has 0 aliphatic carbocycles. The molecular weight excluding hydrogens is 214 g/mol. The summed E-state index contributed by atoms with van der Waals surface area (Å²) in [5.41, 5.74) is 0. The highest BCUT2D eigenvalue weighted by atomic mass is 32.2. The lowest BCUT2D eigenvalue weighted by atomic mass is 10.1. The van der Waals surface area contributed by atoms with E-state index in [0.29, 0.717) is 6.04 Å². The first-order valence-corrected chi connectivity index (χ1v) is 7.32. The molecular formula is C10H15NOS2. The highest BCUT2D eigenvalue weighted by Crippen LogP contribution is 2.12. The molecule has 2 rings (SSSR count). The van der Waals surface area contributed by atoms with E-state index in [-0.39, 0.29) is 0 Å². The van der Waals surface area contributed by atoms with Gasteiger partial charge in [-0.1, -0.05) is 6.07 Å². The Morgan fingerprint density at radius 1 is 1.50 bits per heavy atom. The van der Waals surface area contributed by atoms with Crippen LogP contribution in [-0.2, 0) is 17.3 Å². The molecule has 0 unspecified atom stereocenters. The Hall–Kier alpha value is -0.190. The van der Waals surface area contributed by atoms with E-state index in [2.05, 4.69) is 22.8 Å². The number of nitrogens with one attached hydrogen (secondary N) is 1. The van der Waals surface area contributed by atoms with Gasteiger partial charge in [-0.15, -0.1) is 11.3 Å². The maximum atomic E-state index is 11.1. The van der Waals surface area contributed by atoms with Crippen LogP contribution in [0.1, 0.15) is 17.7 Å². The predicted octanol–water partition coefficient (Wildman–Crippen LogP) is 1.75. The van der Waals surface area contributed by atoms with Gasteiger partial charge in [-0.3, -0.25) is 4.21 Å². The Morgan fingerprint density at radius 3 is 2.93 bits per heavy atom. The van der Waals surface area contributed by atoms with Crippen LogP contribution in [0.15, 0.2) is 17.5 Å². The van der Waals surface area contributed by atoms with Gasteiger partial charge in [0.25, 0.3) is 0 Å². The summed E-state index contributed by atoms with van der Waals surface area (Å²) in [6, 6.07) is 4.81. The first kappa shape index (κ1) is 10.3. The van der Waals surface area contributed by atoms with Gasteiger partial charge < -0.3 is 5.32 Å². The second-order valence-electron chi connectivity index (χ2n) is 3.58. The molecule has 4 heteroatoms. The van der Waals surface area contributed by atoms with Gasteiger partial charge >= 0.3 is 0 Å². The molecule has 0 spiro atoms. The van der Waals surface area contributed by atoms with Gasteiger partial charge in [0.15, 0.2) is 0 Å². The minimum absolute atomic E-state index is 0.539. The Bertz CT molecular complexity index is 287. The lowest BCUT2D eigenvalue weighted by molar-refractivity contribution is 0.477. The molecule has 1 aliphatic rings. The summed E-state index contributed by atoms with van der Waals surface area (Å²) in [7, 11) is -0.539. The van der Waals surface area contributed by atoms with Crippen LogP contribution < -0.4 is 5.32 Å². The molecule has 2 nitrogen and oxygen atoms in total. The Balaban J connectivity index is 1.73. The van der Waals surface area contributed by atoms with Crippen LogP contribution >= 0.6 is 11.3 Å². The summed E-state index contributed by atoms with van der Waals surface area (Å²) < 4.78 is 11.1. The third-order valence-corrected chi connectivity index (χ3v) is 4.79. The Kier molecular flexibility index (Phi) is 3.73. The van der Waals surface area contributed by atoms with Gasteiger partial charge in [-0.2, -0.15) is 0 Å². The molecule has 78 valence electrons. The van der Waals surface area contributed by atoms with E-state index in [9.17, 15) is 4.21 Å². The smallest absolute Gasteiger partial charge is 0.0302 e. The van der Waals surface area contributed by atoms with Crippen molar-refractivity contribution in [3.63, 3.8) is 0 Å². The predicted molar refractivity (Wildman–Crippen MR) is 62.1 cm³/mol. The average Bonchev–Trinajstić information content (AvgIpc) is 2.70. The van der Waals surface area contributed by atoms with E-state index < -0.39 is 10.8 Å². The lowest BCUT2D eigenvalue weighted by Gasteiger charge is -2.22. The van der Waals surface area contributed by atoms with Gasteiger partial charge in [0, 0.05) is 39.8 Å². The van der Waals surface area contributed by atoms with Crippen molar-refractivity contribution in [3.05, 3.63) is 22.4 Å². The van der Waals surface area contributed by atoms with Crippen molar-refractivity contribution in [3.8, 4) is 0 Å². The van der Waals surface area contributed by atoms with E-state index in [1.807, 2.05) is 0 Å². The largest absolute Gasteiger partial charge is 0.309 e. The summed E-state index contributed by atoms with van der Waals surface area (Å²) in [4.78, 5) is 1.39. The van der Waals surface area contributed by atoms with E-state index in [4.69, 9.17) is 0 Å². The van der Waals surface area contributed by atoms with Crippen molar-refractivity contribution in [1.82, 2.24) is 5.32 Å². The molecule has 1 saturated heterocycles. The second-order valence-corrected chi connectivity index (χ2v) is 6.31. The summed E-state index contributed by atoms with van der Waals surface area (Å²) in [5.74, 6) is 1.75. The molecule has 0 radical (unpaired) electrons. The Morgan fingerprint density at radius 2 is 2.29 bits per heavy atom. The fraction of sp³-hybridized carbons (Fsp3) is 0.600. The lowest BCUT2D eigenvalue weighted by Crippen LogP contribution is -2.35. The average molecular weight is 229 g/mol. The molecule has 1 N–H and O–H groups in total. The number of thiophene rings is 1. The van der Waals surface area contributed by atoms with E-state index >= 15 is 0 Å². The standard InChI is InChI=1S/C10H15NOS2/c12-14-6-3-9(4-7-14)11-8-10-2-1-5-13-10/h1-2,5,9,11H,3-4,6-8H2. The monoisotopic (exact) mass is 229 g/mol. The van der Waals surface area contributed by atoms with Crippen LogP contribution in [0.25, 0.3) is 0 Å². The van der Waals surface area contributed by atoms with Crippen LogP contribution in [0.2, 0.25) is 0 Å². The van der Waals surface area contributed by atoms with Crippen molar-refractivity contribution in [2.24, 2.45) is 0 Å². The number of hydrogen-bond donors (Lipinski definition) is 1. The maximum absolute atomic E-state index is 11.1. The van der Waals surface area contributed by atoms with Crippen molar-refractivity contribution < 1.29 is 4.21 Å². The molecule has 1 aliphatic heterocycles. The minimum Gasteiger partial charge on any atom is -0.309 e. The van der Waals surface area contributed by atoms with Crippen LogP contribution in [-0.4, -0.2) is 21.8 Å². The molecule has 14 heavy (non-hydrogen) atoms. The maximum Gasteiger partial charge on any atom is 0.0302 e. The first-order valence-electron chi connectivity index (χ1n) is 4.95. The van der Waals surface area contributed by atoms with Gasteiger partial charge in [0.1, 0.15) is 0 Å².